The first-order valence-corrected chi connectivity index (χ1v) is 19.1. The molecule has 0 radical (unpaired) electrons. The summed E-state index contributed by atoms with van der Waals surface area (Å²) in [5, 5.41) is 2.13. The summed E-state index contributed by atoms with van der Waals surface area (Å²) < 4.78 is 12.9. The van der Waals surface area contributed by atoms with Crippen LogP contribution in [0.25, 0.3) is 67.2 Å². The number of hydrogen-bond donors (Lipinski definition) is 0. The maximum Gasteiger partial charge on any atom is 0.164 e. The van der Waals surface area contributed by atoms with Gasteiger partial charge < -0.3 is 9.15 Å². The van der Waals surface area contributed by atoms with E-state index in [4.69, 9.17) is 24.1 Å². The van der Waals surface area contributed by atoms with Gasteiger partial charge in [-0.1, -0.05) is 170 Å². The maximum absolute atomic E-state index is 6.63. The molecule has 10 aromatic rings. The van der Waals surface area contributed by atoms with E-state index in [1.165, 1.54) is 0 Å². The Kier molecular flexibility index (Phi) is 7.64. The Hall–Kier alpha value is -7.63. The number of ether oxygens (including phenoxy) is 1. The molecule has 1 aliphatic rings. The van der Waals surface area contributed by atoms with E-state index in [2.05, 4.69) is 133 Å². The van der Waals surface area contributed by atoms with Gasteiger partial charge in [0.1, 0.15) is 22.7 Å². The fraction of sp³-hybridized carbons (Fsp3) is 0.0192. The lowest BCUT2D eigenvalue weighted by Gasteiger charge is -2.42. The fourth-order valence-electron chi connectivity index (χ4n) is 8.60. The molecule has 0 atom stereocenters. The smallest absolute Gasteiger partial charge is 0.164 e. The Balaban J connectivity index is 1.16. The van der Waals surface area contributed by atoms with Crippen LogP contribution in [-0.4, -0.2) is 15.0 Å². The molecule has 0 amide bonds. The zero-order valence-corrected chi connectivity index (χ0v) is 30.7. The summed E-state index contributed by atoms with van der Waals surface area (Å²) in [4.78, 5) is 15.5. The van der Waals surface area contributed by atoms with Crippen LogP contribution in [0.2, 0.25) is 0 Å². The Morgan fingerprint density at radius 1 is 0.351 bits per heavy atom. The maximum atomic E-state index is 6.63. The standard InChI is InChI=1S/C52H33N3O2/c1-3-17-34(18-4-1)49-53-50(35-31-32-40-39-23-10-14-28-45(39)56-48(40)33-35)55-51(54-49)41-24-8-7-21-37(41)38-22-9-11-25-42(38)52(36-19-5-2-6-20-36)43-26-12-15-29-46(43)57-47-30-16-13-27-44(47)52/h1-33H. The molecule has 8 aromatic carbocycles. The van der Waals surface area contributed by atoms with Crippen molar-refractivity contribution in [3.63, 3.8) is 0 Å². The zero-order chi connectivity index (χ0) is 37.8. The SMILES string of the molecule is c1ccc(-c2nc(-c3ccc4c(c3)oc3ccccc34)nc(-c3ccccc3-c3ccccc3C3(c4ccccc4)c4ccccc4Oc4ccccc43)n2)cc1. The average Bonchev–Trinajstić information content (AvgIpc) is 3.67. The van der Waals surface area contributed by atoms with Gasteiger partial charge in [-0.05, 0) is 52.6 Å². The van der Waals surface area contributed by atoms with Crippen LogP contribution in [0.5, 0.6) is 11.5 Å². The van der Waals surface area contributed by atoms with Gasteiger partial charge in [0.15, 0.2) is 17.5 Å². The van der Waals surface area contributed by atoms with Gasteiger partial charge in [-0.25, -0.2) is 15.0 Å². The van der Waals surface area contributed by atoms with Gasteiger partial charge in [-0.2, -0.15) is 0 Å². The van der Waals surface area contributed by atoms with E-state index in [0.29, 0.717) is 17.5 Å². The van der Waals surface area contributed by atoms with Crippen LogP contribution < -0.4 is 4.74 Å². The molecule has 0 N–H and O–H groups in total. The van der Waals surface area contributed by atoms with Gasteiger partial charge in [0.2, 0.25) is 0 Å². The van der Waals surface area contributed by atoms with Crippen molar-refractivity contribution in [2.45, 2.75) is 5.41 Å². The molecule has 0 saturated heterocycles. The predicted octanol–water partition coefficient (Wildman–Crippen LogP) is 12.9. The average molecular weight is 732 g/mol. The van der Waals surface area contributed by atoms with E-state index in [1.807, 2.05) is 66.7 Å². The van der Waals surface area contributed by atoms with E-state index in [1.54, 1.807) is 0 Å². The third kappa shape index (κ3) is 5.28. The topological polar surface area (TPSA) is 61.0 Å². The molecule has 5 heteroatoms. The van der Waals surface area contributed by atoms with Crippen molar-refractivity contribution in [2.24, 2.45) is 0 Å². The summed E-state index contributed by atoms with van der Waals surface area (Å²) in [6, 6.07) is 69.2. The summed E-state index contributed by atoms with van der Waals surface area (Å²) in [5.74, 6) is 3.41. The Morgan fingerprint density at radius 3 is 1.61 bits per heavy atom. The summed E-state index contributed by atoms with van der Waals surface area (Å²) in [7, 11) is 0. The molecule has 0 aliphatic carbocycles. The van der Waals surface area contributed by atoms with E-state index < -0.39 is 5.41 Å². The fourth-order valence-corrected chi connectivity index (χ4v) is 8.60. The van der Waals surface area contributed by atoms with Gasteiger partial charge >= 0.3 is 0 Å². The van der Waals surface area contributed by atoms with Gasteiger partial charge in [-0.15, -0.1) is 0 Å². The first-order valence-electron chi connectivity index (χ1n) is 19.1. The highest BCUT2D eigenvalue weighted by molar-refractivity contribution is 6.05. The third-order valence-electron chi connectivity index (χ3n) is 11.1. The highest BCUT2D eigenvalue weighted by Gasteiger charge is 2.46. The van der Waals surface area contributed by atoms with Gasteiger partial charge in [0.25, 0.3) is 0 Å². The minimum atomic E-state index is -0.710. The molecule has 0 fully saturated rings. The molecule has 1 aliphatic heterocycles. The van der Waals surface area contributed by atoms with Crippen LogP contribution in [0.1, 0.15) is 22.3 Å². The normalized spacial score (nSPS) is 12.8. The molecule has 0 spiro atoms. The van der Waals surface area contributed by atoms with E-state index >= 15 is 0 Å². The summed E-state index contributed by atoms with van der Waals surface area (Å²) in [6.45, 7) is 0. The number of para-hydroxylation sites is 3. The van der Waals surface area contributed by atoms with Crippen molar-refractivity contribution in [3.8, 4) is 56.8 Å². The number of benzene rings is 8. The first kappa shape index (κ1) is 32.8. The summed E-state index contributed by atoms with van der Waals surface area (Å²) >= 11 is 0. The molecular weight excluding hydrogens is 699 g/mol. The number of rotatable bonds is 6. The van der Waals surface area contributed by atoms with Gasteiger partial charge in [-0.3, -0.25) is 0 Å². The Bertz CT molecular complexity index is 3070. The number of fused-ring (bicyclic) bond motifs is 5. The summed E-state index contributed by atoms with van der Waals surface area (Å²) in [5.41, 5.74) is 10.1. The molecular formula is C52H33N3O2. The second kappa shape index (κ2) is 13.3. The van der Waals surface area contributed by atoms with Crippen LogP contribution in [0.3, 0.4) is 0 Å². The molecule has 5 nitrogen and oxygen atoms in total. The van der Waals surface area contributed by atoms with Crippen molar-refractivity contribution >= 4 is 21.9 Å². The largest absolute Gasteiger partial charge is 0.457 e. The Morgan fingerprint density at radius 2 is 0.877 bits per heavy atom. The van der Waals surface area contributed by atoms with Crippen molar-refractivity contribution < 1.29 is 9.15 Å². The molecule has 0 saturated carbocycles. The third-order valence-corrected chi connectivity index (χ3v) is 11.1. The van der Waals surface area contributed by atoms with Crippen LogP contribution in [0, 0.1) is 0 Å². The molecule has 11 rings (SSSR count). The molecule has 3 heterocycles. The van der Waals surface area contributed by atoms with Gasteiger partial charge in [0.05, 0.1) is 5.41 Å². The minimum absolute atomic E-state index is 0.567. The van der Waals surface area contributed by atoms with Crippen molar-refractivity contribution in [1.82, 2.24) is 15.0 Å². The van der Waals surface area contributed by atoms with Crippen molar-refractivity contribution in [1.29, 1.82) is 0 Å². The lowest BCUT2D eigenvalue weighted by Crippen LogP contribution is -2.34. The van der Waals surface area contributed by atoms with Crippen molar-refractivity contribution in [2.75, 3.05) is 0 Å². The zero-order valence-electron chi connectivity index (χ0n) is 30.7. The highest BCUT2D eigenvalue weighted by Crippen LogP contribution is 2.57. The number of aromatic nitrogens is 3. The number of hydrogen-bond acceptors (Lipinski definition) is 5. The van der Waals surface area contributed by atoms with Crippen LogP contribution in [0.15, 0.2) is 205 Å². The monoisotopic (exact) mass is 731 g/mol. The quantitative estimate of drug-likeness (QED) is 0.170. The summed E-state index contributed by atoms with van der Waals surface area (Å²) in [6.07, 6.45) is 0. The molecule has 2 aromatic heterocycles. The number of nitrogens with zero attached hydrogens (tertiary/aromatic N) is 3. The lowest BCUT2D eigenvalue weighted by molar-refractivity contribution is 0.434. The second-order valence-corrected chi connectivity index (χ2v) is 14.3. The van der Waals surface area contributed by atoms with E-state index in [-0.39, 0.29) is 0 Å². The lowest BCUT2D eigenvalue weighted by atomic mass is 9.62. The van der Waals surface area contributed by atoms with E-state index in [9.17, 15) is 0 Å². The molecule has 0 bridgehead atoms. The van der Waals surface area contributed by atoms with Crippen molar-refractivity contribution in [3.05, 3.63) is 222 Å². The second-order valence-electron chi connectivity index (χ2n) is 14.3. The van der Waals surface area contributed by atoms with Crippen LogP contribution in [-0.2, 0) is 5.41 Å². The predicted molar refractivity (Wildman–Crippen MR) is 227 cm³/mol. The van der Waals surface area contributed by atoms with E-state index in [0.717, 1.165) is 83.5 Å². The first-order chi connectivity index (χ1) is 28.3. The van der Waals surface area contributed by atoms with Gasteiger partial charge in [0, 0.05) is 38.6 Å². The van der Waals surface area contributed by atoms with Crippen LogP contribution >= 0.6 is 0 Å². The molecule has 57 heavy (non-hydrogen) atoms. The molecule has 0 unspecified atom stereocenters. The van der Waals surface area contributed by atoms with Crippen LogP contribution in [0.4, 0.5) is 0 Å². The Labute approximate surface area is 329 Å². The molecule has 268 valence electrons. The highest BCUT2D eigenvalue weighted by atomic mass is 16.5. The number of furan rings is 1. The minimum Gasteiger partial charge on any atom is -0.457 e.